The Morgan fingerprint density at radius 2 is 2.35 bits per heavy atom. The van der Waals surface area contributed by atoms with E-state index in [1.807, 2.05) is 0 Å². The molecule has 1 aromatic heterocycles. The van der Waals surface area contributed by atoms with Crippen LogP contribution in [-0.4, -0.2) is 29.1 Å². The molecule has 3 atom stereocenters. The maximum absolute atomic E-state index is 11.9. The van der Waals surface area contributed by atoms with Crippen LogP contribution in [-0.2, 0) is 4.74 Å². The second kappa shape index (κ2) is 4.00. The van der Waals surface area contributed by atoms with E-state index < -0.39 is 0 Å². The quantitative estimate of drug-likeness (QED) is 0.779. The van der Waals surface area contributed by atoms with Gasteiger partial charge in [0.2, 0.25) is 5.56 Å². The van der Waals surface area contributed by atoms with Crippen LogP contribution in [0.2, 0.25) is 0 Å². The van der Waals surface area contributed by atoms with Gasteiger partial charge in [-0.25, -0.2) is 0 Å². The number of fused-ring (bicyclic) bond motifs is 2. The fourth-order valence-electron chi connectivity index (χ4n) is 2.63. The van der Waals surface area contributed by atoms with Crippen molar-refractivity contribution in [3.8, 4) is 0 Å². The standard InChI is InChI=1S/C12H14N2O3/c15-11-5-7(3-4-13-11)12(16)14-9-6-8-1-2-10(9)17-8/h3-5,8-10H,1-2,6H2,(H,13,15)(H,14,16). The van der Waals surface area contributed by atoms with E-state index in [1.54, 1.807) is 6.07 Å². The van der Waals surface area contributed by atoms with Crippen LogP contribution in [0.4, 0.5) is 0 Å². The van der Waals surface area contributed by atoms with Crippen LogP contribution in [0.1, 0.15) is 29.6 Å². The third-order valence-electron chi connectivity index (χ3n) is 3.46. The van der Waals surface area contributed by atoms with Crippen molar-refractivity contribution >= 4 is 5.91 Å². The largest absolute Gasteiger partial charge is 0.373 e. The van der Waals surface area contributed by atoms with Crippen LogP contribution in [0, 0.1) is 0 Å². The van der Waals surface area contributed by atoms with Crippen molar-refractivity contribution in [1.82, 2.24) is 10.3 Å². The highest BCUT2D eigenvalue weighted by molar-refractivity contribution is 5.94. The molecule has 0 saturated carbocycles. The van der Waals surface area contributed by atoms with Gasteiger partial charge < -0.3 is 15.0 Å². The number of aromatic nitrogens is 1. The van der Waals surface area contributed by atoms with Crippen molar-refractivity contribution in [2.24, 2.45) is 0 Å². The van der Waals surface area contributed by atoms with E-state index in [1.165, 1.54) is 12.3 Å². The summed E-state index contributed by atoms with van der Waals surface area (Å²) in [5, 5.41) is 2.94. The summed E-state index contributed by atoms with van der Waals surface area (Å²) in [6, 6.07) is 3.01. The predicted octanol–water partition coefficient (Wildman–Crippen LogP) is 0.425. The van der Waals surface area contributed by atoms with Gasteiger partial charge >= 0.3 is 0 Å². The number of carbonyl (C=O) groups excluding carboxylic acids is 1. The predicted molar refractivity (Wildman–Crippen MR) is 60.8 cm³/mol. The van der Waals surface area contributed by atoms with Gasteiger partial charge in [-0.15, -0.1) is 0 Å². The number of hydrogen-bond donors (Lipinski definition) is 2. The Kier molecular flexibility index (Phi) is 2.48. The highest BCUT2D eigenvalue weighted by atomic mass is 16.5. The summed E-state index contributed by atoms with van der Waals surface area (Å²) >= 11 is 0. The molecule has 90 valence electrons. The molecular formula is C12H14N2O3. The van der Waals surface area contributed by atoms with Crippen molar-refractivity contribution in [2.75, 3.05) is 0 Å². The van der Waals surface area contributed by atoms with Gasteiger partial charge in [0.1, 0.15) is 0 Å². The molecule has 2 aliphatic rings. The number of amides is 1. The first-order valence-electron chi connectivity index (χ1n) is 5.87. The topological polar surface area (TPSA) is 71.2 Å². The zero-order valence-corrected chi connectivity index (χ0v) is 9.31. The minimum Gasteiger partial charge on any atom is -0.373 e. The molecule has 0 aliphatic carbocycles. The van der Waals surface area contributed by atoms with Gasteiger partial charge in [0.25, 0.3) is 5.91 Å². The Balaban J connectivity index is 1.70. The number of carbonyl (C=O) groups is 1. The lowest BCUT2D eigenvalue weighted by Gasteiger charge is -2.19. The summed E-state index contributed by atoms with van der Waals surface area (Å²) in [4.78, 5) is 25.5. The molecule has 2 aliphatic heterocycles. The van der Waals surface area contributed by atoms with Gasteiger partial charge in [-0.2, -0.15) is 0 Å². The molecule has 2 N–H and O–H groups in total. The fraction of sp³-hybridized carbons (Fsp3) is 0.500. The molecule has 17 heavy (non-hydrogen) atoms. The third kappa shape index (κ3) is 1.98. The van der Waals surface area contributed by atoms with Gasteiger partial charge in [-0.3, -0.25) is 9.59 Å². The van der Waals surface area contributed by atoms with E-state index in [0.29, 0.717) is 11.7 Å². The van der Waals surface area contributed by atoms with Crippen molar-refractivity contribution in [1.29, 1.82) is 0 Å². The number of ether oxygens (including phenoxy) is 1. The SMILES string of the molecule is O=C(NC1CC2CCC1O2)c1cc[nH]c(=O)c1. The van der Waals surface area contributed by atoms with Crippen molar-refractivity contribution in [2.45, 2.75) is 37.5 Å². The lowest BCUT2D eigenvalue weighted by atomic mass is 9.95. The monoisotopic (exact) mass is 234 g/mol. The highest BCUT2D eigenvalue weighted by Crippen LogP contribution is 2.34. The molecule has 3 unspecified atom stereocenters. The summed E-state index contributed by atoms with van der Waals surface area (Å²) in [5.41, 5.74) is 0.137. The summed E-state index contributed by atoms with van der Waals surface area (Å²) < 4.78 is 5.66. The molecule has 0 spiro atoms. The van der Waals surface area contributed by atoms with Crippen molar-refractivity contribution in [3.05, 3.63) is 34.2 Å². The van der Waals surface area contributed by atoms with E-state index in [2.05, 4.69) is 10.3 Å². The smallest absolute Gasteiger partial charge is 0.251 e. The van der Waals surface area contributed by atoms with Crippen LogP contribution >= 0.6 is 0 Å². The molecule has 3 heterocycles. The molecule has 0 aromatic carbocycles. The molecule has 0 radical (unpaired) electrons. The summed E-state index contributed by atoms with van der Waals surface area (Å²) in [6.45, 7) is 0. The second-order valence-electron chi connectivity index (χ2n) is 4.63. The average Bonchev–Trinajstić information content (AvgIpc) is 2.91. The van der Waals surface area contributed by atoms with Crippen LogP contribution in [0.25, 0.3) is 0 Å². The minimum atomic E-state index is -0.262. The third-order valence-corrected chi connectivity index (χ3v) is 3.46. The van der Waals surface area contributed by atoms with Gasteiger partial charge in [-0.1, -0.05) is 0 Å². The van der Waals surface area contributed by atoms with Crippen molar-refractivity contribution < 1.29 is 9.53 Å². The zero-order valence-electron chi connectivity index (χ0n) is 9.31. The molecule has 5 heteroatoms. The molecule has 1 amide bonds. The number of pyridine rings is 1. The Morgan fingerprint density at radius 1 is 1.47 bits per heavy atom. The highest BCUT2D eigenvalue weighted by Gasteiger charge is 2.41. The number of hydrogen-bond acceptors (Lipinski definition) is 3. The number of H-pyrrole nitrogens is 1. The van der Waals surface area contributed by atoms with E-state index in [0.717, 1.165) is 19.3 Å². The van der Waals surface area contributed by atoms with Gasteiger partial charge in [0, 0.05) is 17.8 Å². The fourth-order valence-corrected chi connectivity index (χ4v) is 2.63. The lowest BCUT2D eigenvalue weighted by Crippen LogP contribution is -2.41. The number of nitrogens with one attached hydrogen (secondary N) is 2. The van der Waals surface area contributed by atoms with Crippen LogP contribution in [0.15, 0.2) is 23.1 Å². The molecule has 3 rings (SSSR count). The van der Waals surface area contributed by atoms with Crippen LogP contribution < -0.4 is 10.9 Å². The van der Waals surface area contributed by atoms with E-state index in [4.69, 9.17) is 4.74 Å². The maximum Gasteiger partial charge on any atom is 0.251 e. The Labute approximate surface area is 98.2 Å². The van der Waals surface area contributed by atoms with Gasteiger partial charge in [0.05, 0.1) is 18.2 Å². The number of aromatic amines is 1. The minimum absolute atomic E-state index is 0.0977. The lowest BCUT2D eigenvalue weighted by molar-refractivity contribution is 0.0841. The van der Waals surface area contributed by atoms with Gasteiger partial charge in [-0.05, 0) is 25.3 Å². The van der Waals surface area contributed by atoms with Crippen molar-refractivity contribution in [3.63, 3.8) is 0 Å². The van der Waals surface area contributed by atoms with Gasteiger partial charge in [0.15, 0.2) is 0 Å². The Hall–Kier alpha value is -1.62. The zero-order chi connectivity index (χ0) is 11.8. The molecule has 2 bridgehead atoms. The van der Waals surface area contributed by atoms with Crippen LogP contribution in [0.3, 0.4) is 0 Å². The normalized spacial score (nSPS) is 30.5. The first kappa shape index (κ1) is 10.5. The maximum atomic E-state index is 11.9. The Bertz CT molecular complexity index is 497. The first-order valence-corrected chi connectivity index (χ1v) is 5.87. The number of rotatable bonds is 2. The molecule has 5 nitrogen and oxygen atoms in total. The molecule has 2 fully saturated rings. The summed E-state index contributed by atoms with van der Waals surface area (Å²) in [7, 11) is 0. The van der Waals surface area contributed by atoms with Crippen LogP contribution in [0.5, 0.6) is 0 Å². The Morgan fingerprint density at radius 3 is 3.00 bits per heavy atom. The molecule has 1 aromatic rings. The summed E-state index contributed by atoms with van der Waals surface area (Å²) in [6.07, 6.45) is 4.96. The molecule has 2 saturated heterocycles. The second-order valence-corrected chi connectivity index (χ2v) is 4.63. The van der Waals surface area contributed by atoms with E-state index in [-0.39, 0.29) is 23.6 Å². The van der Waals surface area contributed by atoms with E-state index in [9.17, 15) is 9.59 Å². The average molecular weight is 234 g/mol. The van der Waals surface area contributed by atoms with E-state index >= 15 is 0 Å². The summed E-state index contributed by atoms with van der Waals surface area (Å²) in [5.74, 6) is -0.197. The molecular weight excluding hydrogens is 220 g/mol. The first-order chi connectivity index (χ1) is 8.22.